The average molecular weight is 414 g/mol. The maximum absolute atomic E-state index is 13.7. The van der Waals surface area contributed by atoms with Crippen LogP contribution in [0.3, 0.4) is 0 Å². The number of nitrogens with one attached hydrogen (secondary N) is 2. The van der Waals surface area contributed by atoms with Gasteiger partial charge in [0.05, 0.1) is 16.5 Å². The smallest absolute Gasteiger partial charge is 0.437 e. The summed E-state index contributed by atoms with van der Waals surface area (Å²) in [5.74, 6) is -4.41. The predicted molar refractivity (Wildman–Crippen MR) is 91.0 cm³/mol. The molecule has 4 N–H and O–H groups in total. The molecule has 148 valence electrons. The zero-order valence-electron chi connectivity index (χ0n) is 13.9. The number of rotatable bonds is 4. The predicted octanol–water partition coefficient (Wildman–Crippen LogP) is 2.55. The number of Topliss-reactive ketones (excluding diaryl/α,β-unsaturated/α-hetero) is 1. The van der Waals surface area contributed by atoms with Crippen molar-refractivity contribution < 1.29 is 37.8 Å². The maximum Gasteiger partial charge on any atom is 0.437 e. The normalized spacial score (nSPS) is 24.9. The summed E-state index contributed by atoms with van der Waals surface area (Å²) in [6.45, 7) is 0. The molecule has 11 heteroatoms. The number of hydrogen-bond donors (Lipinski definition) is 4. The molecule has 0 radical (unpaired) electrons. The van der Waals surface area contributed by atoms with Crippen molar-refractivity contribution in [2.75, 3.05) is 0 Å². The van der Waals surface area contributed by atoms with Crippen LogP contribution < -0.4 is 10.6 Å². The molecular formula is C17H13F3N2O5S. The van der Waals surface area contributed by atoms with Gasteiger partial charge in [-0.1, -0.05) is 18.2 Å². The van der Waals surface area contributed by atoms with E-state index in [1.807, 2.05) is 0 Å². The Hall–Kier alpha value is -2.92. The minimum absolute atomic E-state index is 0.0298. The number of carboxylic acid groups (broad SMARTS) is 1. The van der Waals surface area contributed by atoms with Gasteiger partial charge in [-0.25, -0.2) is 9.59 Å². The fraction of sp³-hybridized carbons (Fsp3) is 0.235. The van der Waals surface area contributed by atoms with Gasteiger partial charge in [-0.15, -0.1) is 11.3 Å². The summed E-state index contributed by atoms with van der Waals surface area (Å²) in [4.78, 5) is 35.7. The summed E-state index contributed by atoms with van der Waals surface area (Å²) in [6.07, 6.45) is -5.35. The number of aliphatic hydroxyl groups is 1. The third-order valence-corrected chi connectivity index (χ3v) is 5.25. The Labute approximate surface area is 159 Å². The van der Waals surface area contributed by atoms with Crippen molar-refractivity contribution >= 4 is 29.1 Å². The SMILES string of the molecule is O=C1NC(c2ccc(C(=O)O)cc2)C(C(=O)c2cccs2)C(O)(C(F)(F)F)N1. The van der Waals surface area contributed by atoms with Crippen molar-refractivity contribution in [3.05, 3.63) is 57.8 Å². The van der Waals surface area contributed by atoms with Crippen molar-refractivity contribution in [1.29, 1.82) is 0 Å². The number of urea groups is 1. The fourth-order valence-corrected chi connectivity index (χ4v) is 3.73. The number of aromatic carboxylic acids is 1. The lowest BCUT2D eigenvalue weighted by atomic mass is 9.78. The minimum atomic E-state index is -5.35. The topological polar surface area (TPSA) is 116 Å². The van der Waals surface area contributed by atoms with E-state index in [-0.39, 0.29) is 16.0 Å². The Bertz CT molecular complexity index is 914. The Morgan fingerprint density at radius 2 is 1.79 bits per heavy atom. The van der Waals surface area contributed by atoms with Crippen LogP contribution in [0, 0.1) is 5.92 Å². The minimum Gasteiger partial charge on any atom is -0.478 e. The van der Waals surface area contributed by atoms with Crippen LogP contribution in [0.25, 0.3) is 0 Å². The van der Waals surface area contributed by atoms with Crippen molar-refractivity contribution in [2.45, 2.75) is 17.9 Å². The molecule has 1 aliphatic heterocycles. The Kier molecular flexibility index (Phi) is 4.90. The largest absolute Gasteiger partial charge is 0.478 e. The van der Waals surface area contributed by atoms with E-state index in [0.29, 0.717) is 0 Å². The first-order valence-electron chi connectivity index (χ1n) is 7.83. The fourth-order valence-electron chi connectivity index (χ4n) is 3.02. The lowest BCUT2D eigenvalue weighted by Gasteiger charge is -2.44. The van der Waals surface area contributed by atoms with Crippen LogP contribution in [0.15, 0.2) is 41.8 Å². The molecule has 1 aromatic carbocycles. The van der Waals surface area contributed by atoms with E-state index in [0.717, 1.165) is 23.5 Å². The molecule has 2 heterocycles. The van der Waals surface area contributed by atoms with Crippen molar-refractivity contribution in [3.63, 3.8) is 0 Å². The molecule has 0 aliphatic carbocycles. The third-order valence-electron chi connectivity index (χ3n) is 4.37. The highest BCUT2D eigenvalue weighted by Gasteiger charge is 2.66. The lowest BCUT2D eigenvalue weighted by molar-refractivity contribution is -0.287. The highest BCUT2D eigenvalue weighted by atomic mass is 32.1. The number of carboxylic acids is 1. The monoisotopic (exact) mass is 414 g/mol. The summed E-state index contributed by atoms with van der Waals surface area (Å²) in [7, 11) is 0. The molecule has 3 rings (SSSR count). The van der Waals surface area contributed by atoms with Crippen LogP contribution in [0.5, 0.6) is 0 Å². The molecule has 3 unspecified atom stereocenters. The summed E-state index contributed by atoms with van der Waals surface area (Å²) < 4.78 is 41.1. The zero-order chi connectivity index (χ0) is 20.7. The van der Waals surface area contributed by atoms with E-state index < -0.39 is 41.6 Å². The van der Waals surface area contributed by atoms with Crippen LogP contribution in [0.1, 0.15) is 31.6 Å². The van der Waals surface area contributed by atoms with Gasteiger partial charge in [0.1, 0.15) is 5.92 Å². The Morgan fingerprint density at radius 1 is 1.14 bits per heavy atom. The Balaban J connectivity index is 2.12. The molecular weight excluding hydrogens is 401 g/mol. The van der Waals surface area contributed by atoms with Gasteiger partial charge in [-0.2, -0.15) is 13.2 Å². The highest BCUT2D eigenvalue weighted by molar-refractivity contribution is 7.12. The standard InChI is InChI=1S/C17H13F3N2O5S/c18-17(19,20)16(27)11(13(23)10-2-1-7-28-10)12(21-15(26)22-16)8-3-5-9(6-4-8)14(24)25/h1-7,11-12,27H,(H,24,25)(H2,21,22,26). The maximum atomic E-state index is 13.7. The first-order valence-corrected chi connectivity index (χ1v) is 8.71. The second-order valence-corrected chi connectivity index (χ2v) is 7.03. The van der Waals surface area contributed by atoms with Crippen LogP contribution in [0.4, 0.5) is 18.0 Å². The molecule has 7 nitrogen and oxygen atoms in total. The number of carbonyl (C=O) groups excluding carboxylic acids is 2. The first-order chi connectivity index (χ1) is 13.0. The highest BCUT2D eigenvalue weighted by Crippen LogP contribution is 2.44. The quantitative estimate of drug-likeness (QED) is 0.574. The van der Waals surface area contributed by atoms with E-state index in [9.17, 15) is 32.7 Å². The number of ketones is 1. The number of thiophene rings is 1. The van der Waals surface area contributed by atoms with Crippen LogP contribution >= 0.6 is 11.3 Å². The van der Waals surface area contributed by atoms with Gasteiger partial charge < -0.3 is 20.8 Å². The molecule has 1 aliphatic rings. The molecule has 2 amide bonds. The first kappa shape index (κ1) is 19.8. The number of alkyl halides is 3. The molecule has 0 saturated carbocycles. The van der Waals surface area contributed by atoms with Gasteiger partial charge in [0.2, 0.25) is 5.72 Å². The molecule has 28 heavy (non-hydrogen) atoms. The molecule has 0 bridgehead atoms. The molecule has 1 saturated heterocycles. The van der Waals surface area contributed by atoms with E-state index >= 15 is 0 Å². The van der Waals surface area contributed by atoms with Crippen LogP contribution in [0.2, 0.25) is 0 Å². The summed E-state index contributed by atoms with van der Waals surface area (Å²) in [6, 6.07) is 4.55. The van der Waals surface area contributed by atoms with Crippen molar-refractivity contribution in [3.8, 4) is 0 Å². The summed E-state index contributed by atoms with van der Waals surface area (Å²) in [5, 5.41) is 24.5. The number of hydrogen-bond acceptors (Lipinski definition) is 5. The van der Waals surface area contributed by atoms with Gasteiger partial charge in [0.25, 0.3) is 0 Å². The number of amides is 2. The third kappa shape index (κ3) is 3.34. The van der Waals surface area contributed by atoms with Crippen molar-refractivity contribution in [2.24, 2.45) is 5.92 Å². The van der Waals surface area contributed by atoms with Gasteiger partial charge >= 0.3 is 18.2 Å². The van der Waals surface area contributed by atoms with E-state index in [1.54, 1.807) is 0 Å². The molecule has 1 fully saturated rings. The molecule has 3 atom stereocenters. The summed E-state index contributed by atoms with van der Waals surface area (Å²) in [5.41, 5.74) is -3.90. The second kappa shape index (κ2) is 6.91. The van der Waals surface area contributed by atoms with E-state index in [2.05, 4.69) is 5.32 Å². The number of benzene rings is 1. The molecule has 2 aromatic rings. The Morgan fingerprint density at radius 3 is 2.29 bits per heavy atom. The van der Waals surface area contributed by atoms with Gasteiger partial charge in [0.15, 0.2) is 5.78 Å². The van der Waals surface area contributed by atoms with Gasteiger partial charge in [0, 0.05) is 0 Å². The second-order valence-electron chi connectivity index (χ2n) is 6.09. The van der Waals surface area contributed by atoms with E-state index in [4.69, 9.17) is 5.11 Å². The van der Waals surface area contributed by atoms with Gasteiger partial charge in [-0.05, 0) is 29.1 Å². The lowest BCUT2D eigenvalue weighted by Crippen LogP contribution is -2.72. The summed E-state index contributed by atoms with van der Waals surface area (Å²) >= 11 is 0.894. The van der Waals surface area contributed by atoms with E-state index in [1.165, 1.54) is 35.0 Å². The zero-order valence-corrected chi connectivity index (χ0v) is 14.7. The van der Waals surface area contributed by atoms with Crippen molar-refractivity contribution in [1.82, 2.24) is 10.6 Å². The van der Waals surface area contributed by atoms with Gasteiger partial charge in [-0.3, -0.25) is 4.79 Å². The average Bonchev–Trinajstić information content (AvgIpc) is 3.14. The van der Waals surface area contributed by atoms with Crippen LogP contribution in [-0.4, -0.2) is 39.9 Å². The van der Waals surface area contributed by atoms with Crippen LogP contribution in [-0.2, 0) is 0 Å². The molecule has 1 aromatic heterocycles. The number of carbonyl (C=O) groups is 3. The molecule has 0 spiro atoms. The number of halogens is 3.